The van der Waals surface area contributed by atoms with Crippen LogP contribution in [0.25, 0.3) is 0 Å². The van der Waals surface area contributed by atoms with Crippen LogP contribution in [-0.2, 0) is 0 Å². The molecule has 0 aliphatic heterocycles. The number of halogens is 1. The van der Waals surface area contributed by atoms with Crippen molar-refractivity contribution in [2.45, 2.75) is 13.1 Å². The van der Waals surface area contributed by atoms with Crippen molar-refractivity contribution in [3.8, 4) is 0 Å². The highest BCUT2D eigenvalue weighted by Gasteiger charge is 2.01. The fraction of sp³-hybridized carbons (Fsp3) is 0.222. The van der Waals surface area contributed by atoms with Gasteiger partial charge in [-0.3, -0.25) is 4.79 Å². The van der Waals surface area contributed by atoms with Crippen molar-refractivity contribution in [2.75, 3.05) is 0 Å². The van der Waals surface area contributed by atoms with E-state index in [-0.39, 0.29) is 0 Å². The first-order chi connectivity index (χ1) is 5.24. The normalized spacial score (nSPS) is 12.5. The molecule has 0 N–H and O–H groups in total. The van der Waals surface area contributed by atoms with E-state index in [2.05, 4.69) is 0 Å². The number of hydrogen-bond donors (Lipinski definition) is 0. The maximum atomic E-state index is 12.6. The fourth-order valence-electron chi connectivity index (χ4n) is 0.880. The fourth-order valence-corrected chi connectivity index (χ4v) is 0.880. The Morgan fingerprint density at radius 1 is 1.55 bits per heavy atom. The second-order valence-electron chi connectivity index (χ2n) is 2.40. The first-order valence-corrected chi connectivity index (χ1v) is 3.43. The average Bonchev–Trinajstić information content (AvgIpc) is 2.05. The monoisotopic (exact) mass is 152 g/mol. The summed E-state index contributed by atoms with van der Waals surface area (Å²) in [5, 5.41) is 0. The number of alkyl halides is 1. The van der Waals surface area contributed by atoms with Gasteiger partial charge in [0.1, 0.15) is 12.5 Å². The Bertz CT molecular complexity index is 255. The Kier molecular flexibility index (Phi) is 2.36. The van der Waals surface area contributed by atoms with Crippen LogP contribution in [0, 0.1) is 0 Å². The Hall–Kier alpha value is -1.18. The minimum atomic E-state index is -1.00. The number of benzene rings is 1. The first kappa shape index (κ1) is 7.92. The molecule has 1 unspecified atom stereocenters. The summed E-state index contributed by atoms with van der Waals surface area (Å²) in [4.78, 5) is 10.3. The van der Waals surface area contributed by atoms with Crippen LogP contribution >= 0.6 is 0 Å². The smallest absolute Gasteiger partial charge is 0.150 e. The van der Waals surface area contributed by atoms with Gasteiger partial charge in [-0.05, 0) is 18.6 Å². The van der Waals surface area contributed by atoms with Crippen molar-refractivity contribution >= 4 is 6.29 Å². The van der Waals surface area contributed by atoms with Gasteiger partial charge in [0.15, 0.2) is 0 Å². The van der Waals surface area contributed by atoms with Crippen LogP contribution in [0.1, 0.15) is 29.0 Å². The number of rotatable bonds is 2. The lowest BCUT2D eigenvalue weighted by Crippen LogP contribution is -1.87. The van der Waals surface area contributed by atoms with Crippen molar-refractivity contribution in [1.29, 1.82) is 0 Å². The highest BCUT2D eigenvalue weighted by Crippen LogP contribution is 2.16. The molecule has 0 aliphatic carbocycles. The minimum Gasteiger partial charge on any atom is -0.298 e. The third-order valence-corrected chi connectivity index (χ3v) is 1.51. The summed E-state index contributed by atoms with van der Waals surface area (Å²) in [6.45, 7) is 1.45. The number of hydrogen-bond acceptors (Lipinski definition) is 1. The predicted octanol–water partition coefficient (Wildman–Crippen LogP) is 2.53. The highest BCUT2D eigenvalue weighted by atomic mass is 19.1. The molecule has 0 radical (unpaired) electrons. The molecule has 1 aromatic carbocycles. The van der Waals surface area contributed by atoms with Crippen LogP contribution in [0.2, 0.25) is 0 Å². The molecule has 0 saturated heterocycles. The molecule has 0 saturated carbocycles. The zero-order chi connectivity index (χ0) is 8.27. The molecule has 1 atom stereocenters. The largest absolute Gasteiger partial charge is 0.298 e. The van der Waals surface area contributed by atoms with E-state index in [1.165, 1.54) is 6.92 Å². The average molecular weight is 152 g/mol. The van der Waals surface area contributed by atoms with Gasteiger partial charge in [0.05, 0.1) is 0 Å². The molecule has 0 aromatic heterocycles. The summed E-state index contributed by atoms with van der Waals surface area (Å²) in [6, 6.07) is 6.54. The maximum Gasteiger partial charge on any atom is 0.150 e. The van der Waals surface area contributed by atoms with Crippen LogP contribution in [0.3, 0.4) is 0 Å². The van der Waals surface area contributed by atoms with Crippen LogP contribution in [0.5, 0.6) is 0 Å². The van der Waals surface area contributed by atoms with Gasteiger partial charge in [0.2, 0.25) is 0 Å². The second-order valence-corrected chi connectivity index (χ2v) is 2.40. The Morgan fingerprint density at radius 3 is 2.82 bits per heavy atom. The van der Waals surface area contributed by atoms with Crippen molar-refractivity contribution in [3.63, 3.8) is 0 Å². The van der Waals surface area contributed by atoms with Gasteiger partial charge in [0, 0.05) is 5.56 Å². The molecule has 1 aromatic rings. The summed E-state index contributed by atoms with van der Waals surface area (Å²) in [5.74, 6) is 0. The standard InChI is InChI=1S/C9H9FO/c1-7(10)9-4-2-3-8(5-9)6-11/h2-7H,1H3. The van der Waals surface area contributed by atoms with Gasteiger partial charge in [-0.1, -0.05) is 18.2 Å². The minimum absolute atomic E-state index is 0.520. The van der Waals surface area contributed by atoms with Crippen molar-refractivity contribution < 1.29 is 9.18 Å². The number of carbonyl (C=O) groups is 1. The molecule has 11 heavy (non-hydrogen) atoms. The van der Waals surface area contributed by atoms with Crippen LogP contribution in [0.15, 0.2) is 24.3 Å². The van der Waals surface area contributed by atoms with E-state index in [0.717, 1.165) is 0 Å². The number of carbonyl (C=O) groups excluding carboxylic acids is 1. The van der Waals surface area contributed by atoms with E-state index >= 15 is 0 Å². The molecule has 0 amide bonds. The van der Waals surface area contributed by atoms with Crippen molar-refractivity contribution in [1.82, 2.24) is 0 Å². The molecular formula is C9H9FO. The zero-order valence-corrected chi connectivity index (χ0v) is 6.25. The lowest BCUT2D eigenvalue weighted by molar-refractivity contribution is 0.112. The molecule has 0 spiro atoms. The Labute approximate surface area is 64.9 Å². The second kappa shape index (κ2) is 3.28. The molecule has 58 valence electrons. The van der Waals surface area contributed by atoms with Gasteiger partial charge in [-0.15, -0.1) is 0 Å². The van der Waals surface area contributed by atoms with Crippen LogP contribution in [-0.4, -0.2) is 6.29 Å². The zero-order valence-electron chi connectivity index (χ0n) is 6.25. The quantitative estimate of drug-likeness (QED) is 0.595. The van der Waals surface area contributed by atoms with Gasteiger partial charge in [-0.2, -0.15) is 0 Å². The molecule has 0 aliphatic rings. The predicted molar refractivity (Wildman–Crippen MR) is 41.4 cm³/mol. The molecule has 1 nitrogen and oxygen atoms in total. The summed E-state index contributed by atoms with van der Waals surface area (Å²) in [7, 11) is 0. The van der Waals surface area contributed by atoms with E-state index < -0.39 is 6.17 Å². The first-order valence-electron chi connectivity index (χ1n) is 3.43. The summed E-state index contributed by atoms with van der Waals surface area (Å²) < 4.78 is 12.6. The maximum absolute atomic E-state index is 12.6. The van der Waals surface area contributed by atoms with E-state index in [0.29, 0.717) is 17.4 Å². The third kappa shape index (κ3) is 1.87. The molecule has 1 rings (SSSR count). The summed E-state index contributed by atoms with van der Waals surface area (Å²) >= 11 is 0. The Morgan fingerprint density at radius 2 is 2.27 bits per heavy atom. The molecule has 0 fully saturated rings. The molecule has 0 bridgehead atoms. The lowest BCUT2D eigenvalue weighted by Gasteiger charge is -2.00. The number of aldehydes is 1. The van der Waals surface area contributed by atoms with E-state index in [1.807, 2.05) is 0 Å². The topological polar surface area (TPSA) is 17.1 Å². The summed E-state index contributed by atoms with van der Waals surface area (Å²) in [5.41, 5.74) is 1.07. The van der Waals surface area contributed by atoms with Gasteiger partial charge in [-0.25, -0.2) is 4.39 Å². The lowest BCUT2D eigenvalue weighted by atomic mass is 10.1. The molecule has 0 heterocycles. The van der Waals surface area contributed by atoms with Gasteiger partial charge in [0.25, 0.3) is 0 Å². The van der Waals surface area contributed by atoms with Gasteiger partial charge >= 0.3 is 0 Å². The SMILES string of the molecule is CC(F)c1cccc(C=O)c1. The van der Waals surface area contributed by atoms with E-state index in [1.54, 1.807) is 24.3 Å². The van der Waals surface area contributed by atoms with Crippen LogP contribution < -0.4 is 0 Å². The van der Waals surface area contributed by atoms with Crippen LogP contribution in [0.4, 0.5) is 4.39 Å². The van der Waals surface area contributed by atoms with Crippen molar-refractivity contribution in [2.24, 2.45) is 0 Å². The Balaban J connectivity index is 3.00. The van der Waals surface area contributed by atoms with E-state index in [4.69, 9.17) is 0 Å². The highest BCUT2D eigenvalue weighted by molar-refractivity contribution is 5.74. The van der Waals surface area contributed by atoms with Crippen molar-refractivity contribution in [3.05, 3.63) is 35.4 Å². The van der Waals surface area contributed by atoms with Gasteiger partial charge < -0.3 is 0 Å². The van der Waals surface area contributed by atoms with E-state index in [9.17, 15) is 9.18 Å². The third-order valence-electron chi connectivity index (χ3n) is 1.51. The summed E-state index contributed by atoms with van der Waals surface area (Å²) in [6.07, 6.45) is -0.291. The molecule has 2 heteroatoms. The molecular weight excluding hydrogens is 143 g/mol.